The Balaban J connectivity index is 0.000000165. The van der Waals surface area contributed by atoms with Gasteiger partial charge >= 0.3 is 19.8 Å². The molecule has 0 fully saturated rings. The molecule has 46 heavy (non-hydrogen) atoms. The molecular weight excluding hydrogens is 745 g/mol. The Labute approximate surface area is 282 Å². The fourth-order valence-corrected chi connectivity index (χ4v) is 4.09. The van der Waals surface area contributed by atoms with E-state index < -0.39 is 0 Å². The molecule has 0 saturated heterocycles. The first-order valence-corrected chi connectivity index (χ1v) is 14.4. The van der Waals surface area contributed by atoms with Crippen LogP contribution in [0.4, 0.5) is 0 Å². The molecule has 0 bridgehead atoms. The maximum Gasteiger partial charge on any atom is 2.00 e. The molecular formula is C38H31N7Os+2. The quantitative estimate of drug-likeness (QED) is 0.174. The van der Waals surface area contributed by atoms with Crippen molar-refractivity contribution in [2.24, 2.45) is 0 Å². The average molecular weight is 776 g/mol. The van der Waals surface area contributed by atoms with Crippen LogP contribution in [0.5, 0.6) is 0 Å². The van der Waals surface area contributed by atoms with Crippen molar-refractivity contribution < 1.29 is 19.8 Å². The molecule has 0 saturated carbocycles. The van der Waals surface area contributed by atoms with E-state index in [1.54, 1.807) is 37.2 Å². The first-order chi connectivity index (χ1) is 22.2. The molecule has 0 radical (unpaired) electrons. The normalized spacial score (nSPS) is 10.0. The van der Waals surface area contributed by atoms with Crippen LogP contribution < -0.4 is 0 Å². The molecule has 224 valence electrons. The molecule has 8 heteroatoms. The summed E-state index contributed by atoms with van der Waals surface area (Å²) in [5, 5.41) is 0. The standard InChI is InChI=1S/C18H15N3.2C10H8N2.Os/c1-14-4-10-20-17(12-14)18-13-16(7-11-21-18)3-2-15-5-8-19-9-6-15;2*1-3-7-11-9(5-1)10-6-2-4-8-12-10;/h2-13H,1H3;2*1-8H;/q;;;+2/b3-2+;;;. The number of hydrogen-bond donors (Lipinski definition) is 0. The minimum Gasteiger partial charge on any atom is -0.265 e. The maximum atomic E-state index is 4.40. The molecule has 0 aliphatic heterocycles. The number of pyridine rings is 7. The first-order valence-electron chi connectivity index (χ1n) is 14.4. The van der Waals surface area contributed by atoms with Crippen LogP contribution in [0.15, 0.2) is 159 Å². The second kappa shape index (κ2) is 18.3. The summed E-state index contributed by atoms with van der Waals surface area (Å²) in [5.41, 5.74) is 8.84. The third-order valence-corrected chi connectivity index (χ3v) is 6.32. The molecule has 0 aliphatic carbocycles. The fraction of sp³-hybridized carbons (Fsp3) is 0.0263. The summed E-state index contributed by atoms with van der Waals surface area (Å²) in [6, 6.07) is 35.2. The summed E-state index contributed by atoms with van der Waals surface area (Å²) in [5.74, 6) is 0. The van der Waals surface area contributed by atoms with Crippen LogP contribution in [0.2, 0.25) is 0 Å². The number of aryl methyl sites for hydroxylation is 1. The van der Waals surface area contributed by atoms with Crippen molar-refractivity contribution in [2.45, 2.75) is 6.92 Å². The van der Waals surface area contributed by atoms with Gasteiger partial charge in [0.15, 0.2) is 0 Å². The van der Waals surface area contributed by atoms with Gasteiger partial charge in [-0.15, -0.1) is 0 Å². The van der Waals surface area contributed by atoms with Crippen molar-refractivity contribution in [2.75, 3.05) is 0 Å². The Kier molecular flexibility index (Phi) is 13.2. The second-order valence-electron chi connectivity index (χ2n) is 9.67. The molecule has 0 N–H and O–H groups in total. The minimum atomic E-state index is 0. The van der Waals surface area contributed by atoms with Gasteiger partial charge in [-0.25, -0.2) is 0 Å². The van der Waals surface area contributed by atoms with E-state index in [4.69, 9.17) is 0 Å². The Morgan fingerprint density at radius 2 is 0.761 bits per heavy atom. The summed E-state index contributed by atoms with van der Waals surface area (Å²) in [4.78, 5) is 29.5. The monoisotopic (exact) mass is 777 g/mol. The van der Waals surface area contributed by atoms with E-state index in [2.05, 4.69) is 54.0 Å². The van der Waals surface area contributed by atoms with E-state index in [-0.39, 0.29) is 19.8 Å². The van der Waals surface area contributed by atoms with Crippen LogP contribution in [0, 0.1) is 6.92 Å². The van der Waals surface area contributed by atoms with Gasteiger partial charge in [-0.05, 0) is 109 Å². The van der Waals surface area contributed by atoms with Crippen LogP contribution in [0.1, 0.15) is 16.7 Å². The smallest absolute Gasteiger partial charge is 0.265 e. The van der Waals surface area contributed by atoms with Crippen LogP contribution >= 0.6 is 0 Å². The number of hydrogen-bond acceptors (Lipinski definition) is 7. The van der Waals surface area contributed by atoms with Crippen LogP contribution in [0.3, 0.4) is 0 Å². The van der Waals surface area contributed by atoms with Crippen LogP contribution in [-0.4, -0.2) is 34.9 Å². The van der Waals surface area contributed by atoms with Gasteiger partial charge in [0.1, 0.15) is 0 Å². The van der Waals surface area contributed by atoms with Gasteiger partial charge < -0.3 is 0 Å². The Morgan fingerprint density at radius 1 is 0.370 bits per heavy atom. The first kappa shape index (κ1) is 33.3. The van der Waals surface area contributed by atoms with Gasteiger partial charge in [0, 0.05) is 49.6 Å². The van der Waals surface area contributed by atoms with Gasteiger partial charge in [-0.1, -0.05) is 36.4 Å². The molecule has 7 aromatic rings. The topological polar surface area (TPSA) is 90.2 Å². The largest absolute Gasteiger partial charge is 2.00 e. The SMILES string of the molecule is Cc1ccnc(-c2cc(/C=C/c3ccncc3)ccn2)c1.[Os+2].c1ccc(-c2ccccn2)nc1.c1ccc(-c2ccccn2)nc1. The predicted molar refractivity (Wildman–Crippen MR) is 180 cm³/mol. The number of aromatic nitrogens is 7. The Morgan fingerprint density at radius 3 is 1.20 bits per heavy atom. The summed E-state index contributed by atoms with van der Waals surface area (Å²) in [6.07, 6.45) is 18.4. The molecule has 7 rings (SSSR count). The van der Waals surface area contributed by atoms with E-state index in [1.165, 1.54) is 5.56 Å². The van der Waals surface area contributed by atoms with Gasteiger partial charge in [-0.2, -0.15) is 0 Å². The zero-order valence-corrected chi connectivity index (χ0v) is 27.7. The zero-order chi connectivity index (χ0) is 30.9. The second-order valence-corrected chi connectivity index (χ2v) is 9.67. The Bertz CT molecular complexity index is 1740. The number of rotatable bonds is 5. The van der Waals surface area contributed by atoms with Gasteiger partial charge in [0.2, 0.25) is 0 Å². The molecule has 0 amide bonds. The third-order valence-electron chi connectivity index (χ3n) is 6.32. The molecule has 0 atom stereocenters. The van der Waals surface area contributed by atoms with Crippen LogP contribution in [0.25, 0.3) is 46.3 Å². The number of nitrogens with zero attached hydrogens (tertiary/aromatic N) is 7. The molecule has 0 aliphatic rings. The van der Waals surface area contributed by atoms with E-state index >= 15 is 0 Å². The molecule has 7 heterocycles. The van der Waals surface area contributed by atoms with Gasteiger partial charge in [-0.3, -0.25) is 34.9 Å². The van der Waals surface area contributed by atoms with Crippen molar-refractivity contribution in [3.05, 3.63) is 175 Å². The molecule has 0 unspecified atom stereocenters. The molecule has 7 aromatic heterocycles. The Hall–Kier alpha value is -5.57. The van der Waals surface area contributed by atoms with Crippen molar-refractivity contribution >= 4 is 12.2 Å². The summed E-state index contributed by atoms with van der Waals surface area (Å²) < 4.78 is 0. The van der Waals surface area contributed by atoms with E-state index in [1.807, 2.05) is 122 Å². The summed E-state index contributed by atoms with van der Waals surface area (Å²) in [7, 11) is 0. The van der Waals surface area contributed by atoms with Crippen molar-refractivity contribution in [1.29, 1.82) is 0 Å². The maximum absolute atomic E-state index is 4.40. The van der Waals surface area contributed by atoms with Crippen LogP contribution in [-0.2, 0) is 19.8 Å². The average Bonchev–Trinajstić information content (AvgIpc) is 3.13. The fourth-order valence-electron chi connectivity index (χ4n) is 4.09. The molecule has 0 aromatic carbocycles. The van der Waals surface area contributed by atoms with Gasteiger partial charge in [0.25, 0.3) is 0 Å². The molecule has 7 nitrogen and oxygen atoms in total. The molecule has 0 spiro atoms. The third kappa shape index (κ3) is 10.6. The van der Waals surface area contributed by atoms with Crippen molar-refractivity contribution in [3.8, 4) is 34.2 Å². The van der Waals surface area contributed by atoms with Crippen molar-refractivity contribution in [3.63, 3.8) is 0 Å². The zero-order valence-electron chi connectivity index (χ0n) is 25.1. The summed E-state index contributed by atoms with van der Waals surface area (Å²) >= 11 is 0. The van der Waals surface area contributed by atoms with E-state index in [0.29, 0.717) is 0 Å². The minimum absolute atomic E-state index is 0. The van der Waals surface area contributed by atoms with E-state index in [9.17, 15) is 0 Å². The van der Waals surface area contributed by atoms with Crippen molar-refractivity contribution in [1.82, 2.24) is 34.9 Å². The predicted octanol–water partition coefficient (Wildman–Crippen LogP) is 8.30. The van der Waals surface area contributed by atoms with Gasteiger partial charge in [0.05, 0.1) is 34.2 Å². The van der Waals surface area contributed by atoms with E-state index in [0.717, 1.165) is 45.3 Å². The summed E-state index contributed by atoms with van der Waals surface area (Å²) in [6.45, 7) is 2.05.